The molecule has 0 atom stereocenters. The van der Waals surface area contributed by atoms with Gasteiger partial charge >= 0.3 is 0 Å². The molecule has 18 aromatic rings. The number of methoxy groups -OCH3 is 2. The number of rotatable bonds is 20. The summed E-state index contributed by atoms with van der Waals surface area (Å²) in [5.41, 5.74) is 26.6. The standard InChI is InChI=1S/C79H54O5.C40H30O3/c1-53-19-21-54(22-20-53)23-24-55-25-39-63(40-26-55)82-66-47-33-60(34-48-66)79(75-17-9-5-13-71(75)72-14-6-10-18-76(72)79)61-37-51-68(52-38-61)84-65-43-29-57(30-44-65)77(80)56-27-41-64(42-28-56)83-67-49-35-59(36-50-67)78(58-31-45-62(81-2)46-32-58)73-15-7-3-11-69(73)70-12-4-8-16-74(70)78;1-27-11-13-28(14-12-27)39(41)29-15-21-33(22-16-29)43-34-25-19-31(20-26-34)40(30-17-23-32(42-2)24-18-30)37-9-5-3-7-35(37)36-8-4-6-10-38(36)40/h3-22,25-52H,1-2H3;3-26H,1-2H3. The van der Waals surface area contributed by atoms with Crippen LogP contribution in [0.2, 0.25) is 0 Å². The van der Waals surface area contributed by atoms with Gasteiger partial charge in [0.25, 0.3) is 0 Å². The molecule has 0 N–H and O–H groups in total. The summed E-state index contributed by atoms with van der Waals surface area (Å²) in [7, 11) is 3.39. The van der Waals surface area contributed by atoms with Crippen molar-refractivity contribution in [1.29, 1.82) is 0 Å². The molecule has 608 valence electrons. The second-order valence-corrected chi connectivity index (χ2v) is 32.2. The lowest BCUT2D eigenvalue weighted by atomic mass is 9.68. The monoisotopic (exact) mass is 1640 g/mol. The van der Waals surface area contributed by atoms with Crippen molar-refractivity contribution in [3.05, 3.63) is 548 Å². The maximum absolute atomic E-state index is 13.9. The van der Waals surface area contributed by atoms with E-state index in [0.29, 0.717) is 51.0 Å². The van der Waals surface area contributed by atoms with E-state index < -0.39 is 16.2 Å². The van der Waals surface area contributed by atoms with Crippen LogP contribution in [0.5, 0.6) is 57.5 Å². The van der Waals surface area contributed by atoms with Crippen LogP contribution in [0, 0.1) is 25.7 Å². The minimum absolute atomic E-state index is 0.00291. The van der Waals surface area contributed by atoms with Crippen molar-refractivity contribution in [2.24, 2.45) is 0 Å². The van der Waals surface area contributed by atoms with Crippen molar-refractivity contribution < 1.29 is 38.0 Å². The van der Waals surface area contributed by atoms with Gasteiger partial charge in [-0.2, -0.15) is 0 Å². The molecule has 0 spiro atoms. The van der Waals surface area contributed by atoms with Gasteiger partial charge in [-0.25, -0.2) is 0 Å². The first-order valence-electron chi connectivity index (χ1n) is 42.6. The van der Waals surface area contributed by atoms with Crippen LogP contribution in [-0.2, 0) is 16.2 Å². The molecule has 8 nitrogen and oxygen atoms in total. The lowest BCUT2D eigenvalue weighted by Gasteiger charge is -2.34. The van der Waals surface area contributed by atoms with E-state index in [9.17, 15) is 9.59 Å². The van der Waals surface area contributed by atoms with Crippen LogP contribution in [0.1, 0.15) is 121 Å². The van der Waals surface area contributed by atoms with Crippen LogP contribution in [0.15, 0.2) is 437 Å². The first-order valence-corrected chi connectivity index (χ1v) is 42.6. The highest BCUT2D eigenvalue weighted by molar-refractivity contribution is 6.10. The van der Waals surface area contributed by atoms with E-state index in [1.54, 1.807) is 14.2 Å². The molecule has 18 aromatic carbocycles. The zero-order chi connectivity index (χ0) is 86.0. The van der Waals surface area contributed by atoms with Gasteiger partial charge in [0.15, 0.2) is 11.6 Å². The Hall–Kier alpha value is -16.3. The van der Waals surface area contributed by atoms with Crippen LogP contribution in [0.3, 0.4) is 0 Å². The highest BCUT2D eigenvalue weighted by atomic mass is 16.5. The smallest absolute Gasteiger partial charge is 0.193 e. The Bertz CT molecular complexity index is 7040. The molecule has 0 fully saturated rings. The number of ketones is 2. The third kappa shape index (κ3) is 14.6. The van der Waals surface area contributed by atoms with E-state index in [2.05, 4.69) is 261 Å². The van der Waals surface area contributed by atoms with Gasteiger partial charge in [0.1, 0.15) is 57.5 Å². The fourth-order valence-electron chi connectivity index (χ4n) is 18.8. The highest BCUT2D eigenvalue weighted by Gasteiger charge is 2.49. The largest absolute Gasteiger partial charge is 0.497 e. The number of hydrogen-bond donors (Lipinski definition) is 0. The molecule has 127 heavy (non-hydrogen) atoms. The Kier molecular flexibility index (Phi) is 21.1. The fraction of sp³-hybridized carbons (Fsp3) is 0.0588. The fourth-order valence-corrected chi connectivity index (χ4v) is 18.8. The van der Waals surface area contributed by atoms with Crippen molar-refractivity contribution in [3.63, 3.8) is 0 Å². The van der Waals surface area contributed by atoms with Crippen LogP contribution in [0.4, 0.5) is 0 Å². The van der Waals surface area contributed by atoms with Crippen LogP contribution in [0.25, 0.3) is 33.4 Å². The van der Waals surface area contributed by atoms with Gasteiger partial charge in [0.05, 0.1) is 30.5 Å². The molecule has 3 aliphatic carbocycles. The van der Waals surface area contributed by atoms with Crippen LogP contribution in [-0.4, -0.2) is 25.8 Å². The quantitative estimate of drug-likeness (QED) is 0.0551. The molecule has 8 heteroatoms. The van der Waals surface area contributed by atoms with E-state index in [4.69, 9.17) is 28.4 Å². The molecular formula is C119H84O8. The second kappa shape index (κ2) is 33.8. The van der Waals surface area contributed by atoms with Crippen molar-refractivity contribution in [2.45, 2.75) is 30.1 Å². The van der Waals surface area contributed by atoms with Gasteiger partial charge in [-0.15, -0.1) is 0 Å². The molecular weight excluding hydrogens is 1560 g/mol. The Morgan fingerprint density at radius 2 is 0.362 bits per heavy atom. The lowest BCUT2D eigenvalue weighted by Crippen LogP contribution is -2.28. The minimum atomic E-state index is -0.612. The predicted molar refractivity (Wildman–Crippen MR) is 506 cm³/mol. The SMILES string of the molecule is COc1ccc(C2(c3ccc(Oc4ccc(C(=O)c5ccc(C)cc5)cc4)cc3)c3ccccc3-c3ccccc32)cc1.COc1ccc(C2(c3ccc(Oc4ccc(C(=O)c5ccc(Oc6ccc(C7(c8ccc(Oc9ccc(C#Cc%10ccc(C)cc%10)cc9)cc8)c8ccccc8-c8ccccc87)cc6)cc5)cc4)cc3)c3ccccc3-c3ccccc32)cc1. The first kappa shape index (κ1) is 79.2. The molecule has 0 bridgehead atoms. The van der Waals surface area contributed by atoms with Gasteiger partial charge in [-0.1, -0.05) is 278 Å². The van der Waals surface area contributed by atoms with E-state index >= 15 is 0 Å². The van der Waals surface area contributed by atoms with Crippen LogP contribution >= 0.6 is 0 Å². The molecule has 0 amide bonds. The van der Waals surface area contributed by atoms with Gasteiger partial charge < -0.3 is 28.4 Å². The maximum atomic E-state index is 13.9. The summed E-state index contributed by atoms with van der Waals surface area (Å²) < 4.78 is 36.5. The highest BCUT2D eigenvalue weighted by Crippen LogP contribution is 2.60. The van der Waals surface area contributed by atoms with E-state index in [0.717, 1.165) is 73.3 Å². The van der Waals surface area contributed by atoms with Gasteiger partial charge in [0.2, 0.25) is 0 Å². The third-order valence-corrected chi connectivity index (χ3v) is 24.9. The molecule has 0 aromatic heterocycles. The van der Waals surface area contributed by atoms with Crippen molar-refractivity contribution in [1.82, 2.24) is 0 Å². The molecule has 0 radical (unpaired) electrons. The van der Waals surface area contributed by atoms with E-state index in [-0.39, 0.29) is 11.6 Å². The number of fused-ring (bicyclic) bond motifs is 9. The topological polar surface area (TPSA) is 89.5 Å². The number of hydrogen-bond acceptors (Lipinski definition) is 8. The normalized spacial score (nSPS) is 12.8. The number of aryl methyl sites for hydroxylation is 2. The summed E-state index contributed by atoms with van der Waals surface area (Å²) in [6.07, 6.45) is 0. The summed E-state index contributed by atoms with van der Waals surface area (Å²) in [4.78, 5) is 26.8. The zero-order valence-corrected chi connectivity index (χ0v) is 70.3. The molecule has 21 rings (SSSR count). The van der Waals surface area contributed by atoms with Crippen LogP contribution < -0.4 is 28.4 Å². The summed E-state index contributed by atoms with van der Waals surface area (Å²) >= 11 is 0. The van der Waals surface area contributed by atoms with Crippen molar-refractivity contribution in [2.75, 3.05) is 14.2 Å². The Labute approximate surface area is 739 Å². The summed E-state index contributed by atoms with van der Waals surface area (Å²) in [5, 5.41) is 0. The third-order valence-electron chi connectivity index (χ3n) is 24.9. The first-order chi connectivity index (χ1) is 62.4. The summed E-state index contributed by atoms with van der Waals surface area (Å²) in [6.45, 7) is 4.09. The summed E-state index contributed by atoms with van der Waals surface area (Å²) in [6, 6.07) is 148. The molecule has 0 saturated carbocycles. The summed E-state index contributed by atoms with van der Waals surface area (Å²) in [5.74, 6) is 13.6. The van der Waals surface area contributed by atoms with E-state index in [1.165, 1.54) is 77.9 Å². The average Bonchev–Trinajstić information content (AvgIpc) is 1.56. The maximum Gasteiger partial charge on any atom is 0.193 e. The lowest BCUT2D eigenvalue weighted by molar-refractivity contribution is 0.103. The second-order valence-electron chi connectivity index (χ2n) is 32.2. The zero-order valence-electron chi connectivity index (χ0n) is 70.3. The molecule has 0 unspecified atom stereocenters. The predicted octanol–water partition coefficient (Wildman–Crippen LogP) is 28.1. The molecule has 0 aliphatic heterocycles. The molecule has 0 heterocycles. The number of carbonyl (C=O) groups is 2. The molecule has 0 saturated heterocycles. The number of carbonyl (C=O) groups excluding carboxylic acids is 2. The Balaban J connectivity index is 0.000000197. The Morgan fingerprint density at radius 3 is 0.575 bits per heavy atom. The minimum Gasteiger partial charge on any atom is -0.497 e. The van der Waals surface area contributed by atoms with Crippen molar-refractivity contribution >= 4 is 11.6 Å². The Morgan fingerprint density at radius 1 is 0.197 bits per heavy atom. The van der Waals surface area contributed by atoms with Gasteiger partial charge in [-0.05, 0) is 296 Å². The molecule has 3 aliphatic rings. The van der Waals surface area contributed by atoms with Gasteiger partial charge in [0, 0.05) is 33.4 Å². The number of benzene rings is 18. The van der Waals surface area contributed by atoms with E-state index in [1.807, 2.05) is 201 Å². The van der Waals surface area contributed by atoms with Gasteiger partial charge in [-0.3, -0.25) is 9.59 Å². The number of ether oxygens (including phenoxy) is 6. The van der Waals surface area contributed by atoms with Crippen molar-refractivity contribution in [3.8, 4) is 103 Å². The average molecular weight is 1640 g/mol.